The van der Waals surface area contributed by atoms with E-state index in [2.05, 4.69) is 0 Å². The Bertz CT molecular complexity index is 1080. The molecule has 0 radical (unpaired) electrons. The fraction of sp³-hybridized carbons (Fsp3) is 0.250. The smallest absolute Gasteiger partial charge is 0.331 e. The number of hydrogen-bond acceptors (Lipinski definition) is 9. The van der Waals surface area contributed by atoms with Crippen molar-refractivity contribution in [3.63, 3.8) is 0 Å². The molecule has 5 atom stereocenters. The molecule has 3 rings (SSSR count). The van der Waals surface area contributed by atoms with E-state index in [0.29, 0.717) is 16.7 Å². The van der Waals surface area contributed by atoms with Gasteiger partial charge in [-0.2, -0.15) is 0 Å². The number of aromatic hydroxyl groups is 2. The number of phenols is 2. The van der Waals surface area contributed by atoms with Gasteiger partial charge in [0, 0.05) is 12.2 Å². The van der Waals surface area contributed by atoms with E-state index in [0.717, 1.165) is 12.2 Å². The molecule has 2 aromatic carbocycles. The monoisotopic (exact) mass is 472 g/mol. The van der Waals surface area contributed by atoms with Gasteiger partial charge < -0.3 is 40.1 Å². The molecule has 1 saturated heterocycles. The summed E-state index contributed by atoms with van der Waals surface area (Å²) in [5.41, 5.74) is 1.44. The van der Waals surface area contributed by atoms with Gasteiger partial charge in [0.25, 0.3) is 0 Å². The van der Waals surface area contributed by atoms with E-state index < -0.39 is 49.1 Å². The van der Waals surface area contributed by atoms with Gasteiger partial charge in [0.15, 0.2) is 17.6 Å². The number of carbonyl (C=O) groups is 2. The summed E-state index contributed by atoms with van der Waals surface area (Å²) in [4.78, 5) is 23.1. The quantitative estimate of drug-likeness (QED) is 0.194. The number of rotatable bonds is 7. The molecule has 0 aromatic heterocycles. The van der Waals surface area contributed by atoms with E-state index in [4.69, 9.17) is 14.6 Å². The predicted molar refractivity (Wildman–Crippen MR) is 119 cm³/mol. The van der Waals surface area contributed by atoms with E-state index in [1.54, 1.807) is 24.3 Å². The molecule has 6 N–H and O–H groups in total. The van der Waals surface area contributed by atoms with Crippen LogP contribution in [0.5, 0.6) is 11.5 Å². The minimum atomic E-state index is -1.57. The van der Waals surface area contributed by atoms with Gasteiger partial charge in [-0.05, 0) is 41.0 Å². The number of hydrogen-bond donors (Lipinski definition) is 6. The second-order valence-electron chi connectivity index (χ2n) is 7.58. The number of carbonyl (C=O) groups excluding carboxylic acids is 1. The van der Waals surface area contributed by atoms with Crippen LogP contribution in [0.25, 0.3) is 12.2 Å². The first-order valence-corrected chi connectivity index (χ1v) is 10.2. The average molecular weight is 472 g/mol. The first-order chi connectivity index (χ1) is 16.2. The Hall–Kier alpha value is -3.70. The van der Waals surface area contributed by atoms with Crippen molar-refractivity contribution in [1.82, 2.24) is 0 Å². The van der Waals surface area contributed by atoms with E-state index in [-0.39, 0.29) is 11.5 Å². The highest BCUT2D eigenvalue weighted by Gasteiger charge is 2.46. The summed E-state index contributed by atoms with van der Waals surface area (Å²) in [5.74, 6) is -2.67. The van der Waals surface area contributed by atoms with Crippen molar-refractivity contribution in [3.8, 4) is 11.5 Å². The number of carboxylic acid groups (broad SMARTS) is 1. The Morgan fingerprint density at radius 2 is 1.56 bits per heavy atom. The van der Waals surface area contributed by atoms with Gasteiger partial charge in [-0.25, -0.2) is 9.59 Å². The van der Waals surface area contributed by atoms with Gasteiger partial charge in [0.1, 0.15) is 24.4 Å². The maximum Gasteiger partial charge on any atom is 0.331 e. The van der Waals surface area contributed by atoms with Gasteiger partial charge in [0.2, 0.25) is 0 Å². The third kappa shape index (κ3) is 6.00. The Balaban J connectivity index is 1.81. The summed E-state index contributed by atoms with van der Waals surface area (Å²) < 4.78 is 11.1. The molecule has 1 unspecified atom stereocenters. The molecular formula is C24H24O10. The van der Waals surface area contributed by atoms with Crippen LogP contribution < -0.4 is 0 Å². The molecule has 1 aliphatic rings. The van der Waals surface area contributed by atoms with Crippen molar-refractivity contribution >= 4 is 24.1 Å². The van der Waals surface area contributed by atoms with Crippen LogP contribution in [0.4, 0.5) is 0 Å². The minimum absolute atomic E-state index is 0.318. The zero-order valence-corrected chi connectivity index (χ0v) is 17.8. The summed E-state index contributed by atoms with van der Waals surface area (Å²) in [6.07, 6.45) is -1.87. The molecule has 1 aliphatic heterocycles. The number of aliphatic carboxylic acids is 1. The number of aliphatic hydroxyl groups excluding tert-OH is 3. The van der Waals surface area contributed by atoms with Crippen molar-refractivity contribution in [1.29, 1.82) is 0 Å². The molecule has 0 aliphatic carbocycles. The van der Waals surface area contributed by atoms with Crippen LogP contribution in [0.3, 0.4) is 0 Å². The number of aliphatic hydroxyl groups is 3. The maximum atomic E-state index is 12.4. The van der Waals surface area contributed by atoms with Crippen molar-refractivity contribution in [2.75, 3.05) is 6.61 Å². The third-order valence-corrected chi connectivity index (χ3v) is 5.21. The van der Waals surface area contributed by atoms with Crippen LogP contribution >= 0.6 is 0 Å². The average Bonchev–Trinajstić information content (AvgIpc) is 2.82. The predicted octanol–water partition coefficient (Wildman–Crippen LogP) is 0.975. The maximum absolute atomic E-state index is 12.4. The van der Waals surface area contributed by atoms with Crippen LogP contribution in [0.15, 0.2) is 54.6 Å². The Kier molecular flexibility index (Phi) is 8.03. The molecule has 10 heteroatoms. The van der Waals surface area contributed by atoms with E-state index in [1.165, 1.54) is 30.4 Å². The topological polar surface area (TPSA) is 174 Å². The van der Waals surface area contributed by atoms with E-state index >= 15 is 0 Å². The normalized spacial score (nSPS) is 25.0. The lowest BCUT2D eigenvalue weighted by Gasteiger charge is -2.41. The Labute approximate surface area is 194 Å². The second-order valence-corrected chi connectivity index (χ2v) is 7.58. The summed E-state index contributed by atoms with van der Waals surface area (Å²) in [7, 11) is 0. The van der Waals surface area contributed by atoms with Crippen LogP contribution in [0.2, 0.25) is 0 Å². The molecule has 10 nitrogen and oxygen atoms in total. The van der Waals surface area contributed by atoms with Crippen molar-refractivity contribution in [3.05, 3.63) is 71.3 Å². The summed E-state index contributed by atoms with van der Waals surface area (Å²) in [6.45, 7) is -0.584. The zero-order valence-electron chi connectivity index (χ0n) is 17.8. The molecule has 0 saturated carbocycles. The molecule has 0 bridgehead atoms. The van der Waals surface area contributed by atoms with Gasteiger partial charge in [-0.3, -0.25) is 0 Å². The lowest BCUT2D eigenvalue weighted by molar-refractivity contribution is -0.239. The second kappa shape index (κ2) is 10.9. The summed E-state index contributed by atoms with van der Waals surface area (Å²) in [5, 5.41) is 58.0. The molecule has 0 amide bonds. The van der Waals surface area contributed by atoms with Gasteiger partial charge >= 0.3 is 11.9 Å². The third-order valence-electron chi connectivity index (χ3n) is 5.21. The van der Waals surface area contributed by atoms with E-state index in [9.17, 15) is 35.1 Å². The SMILES string of the molecule is O=C(O)C=Cc1ccc(C2O[C@H](CO)[C@@H](O)[C@H](O)[C@H]2OC(=O)C=Cc2ccc(O)c(O)c2)cc1. The Morgan fingerprint density at radius 1 is 0.912 bits per heavy atom. The first-order valence-electron chi connectivity index (χ1n) is 10.2. The summed E-state index contributed by atoms with van der Waals surface area (Å²) >= 11 is 0. The fourth-order valence-corrected chi connectivity index (χ4v) is 3.44. The van der Waals surface area contributed by atoms with Crippen LogP contribution in [-0.2, 0) is 19.1 Å². The lowest BCUT2D eigenvalue weighted by atomic mass is 9.90. The Morgan fingerprint density at radius 3 is 2.18 bits per heavy atom. The number of esters is 1. The van der Waals surface area contributed by atoms with Gasteiger partial charge in [0.05, 0.1) is 6.61 Å². The first kappa shape index (κ1) is 24.9. The molecule has 1 fully saturated rings. The molecular weight excluding hydrogens is 448 g/mol. The lowest BCUT2D eigenvalue weighted by Crippen LogP contribution is -2.56. The van der Waals surface area contributed by atoms with Crippen LogP contribution in [-0.4, -0.2) is 73.6 Å². The van der Waals surface area contributed by atoms with Crippen LogP contribution in [0.1, 0.15) is 22.8 Å². The molecule has 2 aromatic rings. The van der Waals surface area contributed by atoms with E-state index in [1.807, 2.05) is 0 Å². The standard InChI is InChI=1S/C24H24O10/c25-12-18-21(31)22(32)24(34-20(30)10-5-14-3-8-16(26)17(27)11-14)23(33-18)15-6-1-13(2-7-15)4-9-19(28)29/h1-11,18,21-27,31-32H,12H2,(H,28,29)/t18-,21-,22+,23?,24-/m1/s1. The van der Waals surface area contributed by atoms with Crippen molar-refractivity contribution in [2.24, 2.45) is 0 Å². The molecule has 34 heavy (non-hydrogen) atoms. The molecule has 180 valence electrons. The molecule has 0 spiro atoms. The van der Waals surface area contributed by atoms with Gasteiger partial charge in [-0.1, -0.05) is 30.3 Å². The number of carboxylic acids is 1. The molecule has 1 heterocycles. The minimum Gasteiger partial charge on any atom is -0.504 e. The van der Waals surface area contributed by atoms with Crippen molar-refractivity contribution < 1.29 is 49.7 Å². The largest absolute Gasteiger partial charge is 0.504 e. The highest BCUT2D eigenvalue weighted by Crippen LogP contribution is 2.35. The summed E-state index contributed by atoms with van der Waals surface area (Å²) in [6, 6.07) is 10.3. The van der Waals surface area contributed by atoms with Crippen LogP contribution in [0, 0.1) is 0 Å². The number of benzene rings is 2. The number of phenolic OH excluding ortho intramolecular Hbond substituents is 2. The highest BCUT2D eigenvalue weighted by molar-refractivity contribution is 5.87. The zero-order chi connectivity index (χ0) is 24.8. The van der Waals surface area contributed by atoms with Gasteiger partial charge in [-0.15, -0.1) is 0 Å². The fourth-order valence-electron chi connectivity index (χ4n) is 3.44. The van der Waals surface area contributed by atoms with Crippen molar-refractivity contribution in [2.45, 2.75) is 30.5 Å². The number of ether oxygens (including phenoxy) is 2. The highest BCUT2D eigenvalue weighted by atomic mass is 16.6.